The molecule has 6 nitrogen and oxygen atoms in total. The molecule has 0 saturated carbocycles. The lowest BCUT2D eigenvalue weighted by Gasteiger charge is -2.36. The molecular formula is C20H20F2N2O4. The standard InChI is InChI=1S/C20H20F2N2O4/c21-15-5-1-3-7-17(15)23-9-11-24(12-10-23)19(25)13-28-20(26)14-27-18-8-4-2-6-16(18)22/h1-8H,9-14H2. The first-order valence-corrected chi connectivity index (χ1v) is 8.85. The van der Waals surface area contributed by atoms with E-state index in [1.165, 1.54) is 24.3 Å². The second-order valence-corrected chi connectivity index (χ2v) is 6.20. The first kappa shape index (κ1) is 19.6. The second kappa shape index (κ2) is 9.16. The van der Waals surface area contributed by atoms with Gasteiger partial charge in [-0.15, -0.1) is 0 Å². The molecule has 0 aliphatic carbocycles. The monoisotopic (exact) mass is 390 g/mol. The third kappa shape index (κ3) is 4.97. The van der Waals surface area contributed by atoms with E-state index >= 15 is 0 Å². The number of para-hydroxylation sites is 2. The summed E-state index contributed by atoms with van der Waals surface area (Å²) in [5.41, 5.74) is 0.506. The summed E-state index contributed by atoms with van der Waals surface area (Å²) in [4.78, 5) is 27.3. The summed E-state index contributed by atoms with van der Waals surface area (Å²) in [6.07, 6.45) is 0. The molecule has 3 rings (SSSR count). The molecule has 1 aliphatic heterocycles. The lowest BCUT2D eigenvalue weighted by molar-refractivity contribution is -0.153. The predicted octanol–water partition coefficient (Wildman–Crippen LogP) is 2.24. The molecule has 28 heavy (non-hydrogen) atoms. The average Bonchev–Trinajstić information content (AvgIpc) is 2.72. The molecule has 0 bridgehead atoms. The predicted molar refractivity (Wildman–Crippen MR) is 98.0 cm³/mol. The van der Waals surface area contributed by atoms with Gasteiger partial charge in [0.1, 0.15) is 5.82 Å². The highest BCUT2D eigenvalue weighted by atomic mass is 19.1. The van der Waals surface area contributed by atoms with E-state index < -0.39 is 25.0 Å². The Morgan fingerprint density at radius 3 is 2.18 bits per heavy atom. The minimum Gasteiger partial charge on any atom is -0.479 e. The van der Waals surface area contributed by atoms with Gasteiger partial charge in [-0.25, -0.2) is 13.6 Å². The van der Waals surface area contributed by atoms with Crippen molar-refractivity contribution in [3.8, 4) is 5.75 Å². The number of esters is 1. The quantitative estimate of drug-likeness (QED) is 0.708. The Hall–Kier alpha value is -3.16. The van der Waals surface area contributed by atoms with Gasteiger partial charge in [0.2, 0.25) is 0 Å². The smallest absolute Gasteiger partial charge is 0.344 e. The number of benzene rings is 2. The zero-order valence-electron chi connectivity index (χ0n) is 15.1. The van der Waals surface area contributed by atoms with Crippen LogP contribution < -0.4 is 9.64 Å². The zero-order valence-corrected chi connectivity index (χ0v) is 15.1. The van der Waals surface area contributed by atoms with Crippen LogP contribution in [0.4, 0.5) is 14.5 Å². The van der Waals surface area contributed by atoms with Crippen LogP contribution in [0.2, 0.25) is 0 Å². The van der Waals surface area contributed by atoms with Crippen molar-refractivity contribution < 1.29 is 27.8 Å². The number of amides is 1. The molecule has 0 aromatic heterocycles. The van der Waals surface area contributed by atoms with Gasteiger partial charge in [0, 0.05) is 26.2 Å². The number of nitrogens with zero attached hydrogens (tertiary/aromatic N) is 2. The average molecular weight is 390 g/mol. The molecule has 0 unspecified atom stereocenters. The van der Waals surface area contributed by atoms with Crippen LogP contribution in [0.25, 0.3) is 0 Å². The SMILES string of the molecule is O=C(COc1ccccc1F)OCC(=O)N1CCN(c2ccccc2F)CC1. The molecule has 0 N–H and O–H groups in total. The molecule has 1 fully saturated rings. The van der Waals surface area contributed by atoms with Crippen molar-refractivity contribution in [1.82, 2.24) is 4.90 Å². The van der Waals surface area contributed by atoms with E-state index in [9.17, 15) is 18.4 Å². The van der Waals surface area contributed by atoms with E-state index in [0.29, 0.717) is 31.9 Å². The number of carbonyl (C=O) groups excluding carboxylic acids is 2. The Morgan fingerprint density at radius 1 is 0.857 bits per heavy atom. The normalized spacial score (nSPS) is 13.9. The van der Waals surface area contributed by atoms with Crippen LogP contribution in [-0.4, -0.2) is 56.2 Å². The van der Waals surface area contributed by atoms with Crippen LogP contribution in [0.5, 0.6) is 5.75 Å². The first-order chi connectivity index (χ1) is 13.5. The summed E-state index contributed by atoms with van der Waals surface area (Å²) in [6, 6.07) is 12.2. The Morgan fingerprint density at radius 2 is 1.50 bits per heavy atom. The van der Waals surface area contributed by atoms with Gasteiger partial charge in [-0.05, 0) is 24.3 Å². The minimum absolute atomic E-state index is 0.0601. The van der Waals surface area contributed by atoms with E-state index in [-0.39, 0.29) is 17.5 Å². The van der Waals surface area contributed by atoms with Gasteiger partial charge in [-0.1, -0.05) is 24.3 Å². The number of hydrogen-bond donors (Lipinski definition) is 0. The van der Waals surface area contributed by atoms with Gasteiger partial charge < -0.3 is 19.3 Å². The molecular weight excluding hydrogens is 370 g/mol. The molecule has 0 radical (unpaired) electrons. The van der Waals surface area contributed by atoms with Gasteiger partial charge in [0.25, 0.3) is 5.91 Å². The molecule has 1 saturated heterocycles. The number of anilines is 1. The van der Waals surface area contributed by atoms with Crippen molar-refractivity contribution in [2.45, 2.75) is 0 Å². The summed E-state index contributed by atoms with van der Waals surface area (Å²) in [5.74, 6) is -2.05. The molecule has 1 aliphatic rings. The fourth-order valence-electron chi connectivity index (χ4n) is 2.88. The van der Waals surface area contributed by atoms with Crippen LogP contribution in [0.15, 0.2) is 48.5 Å². The molecule has 8 heteroatoms. The number of piperazine rings is 1. The van der Waals surface area contributed by atoms with Gasteiger partial charge in [0.15, 0.2) is 24.8 Å². The van der Waals surface area contributed by atoms with Crippen molar-refractivity contribution in [2.24, 2.45) is 0 Å². The van der Waals surface area contributed by atoms with Crippen molar-refractivity contribution in [1.29, 1.82) is 0 Å². The largest absolute Gasteiger partial charge is 0.479 e. The number of rotatable bonds is 6. The van der Waals surface area contributed by atoms with Gasteiger partial charge in [0.05, 0.1) is 5.69 Å². The van der Waals surface area contributed by atoms with Crippen molar-refractivity contribution in [3.05, 3.63) is 60.2 Å². The fourth-order valence-corrected chi connectivity index (χ4v) is 2.88. The third-order valence-electron chi connectivity index (χ3n) is 4.36. The number of ether oxygens (including phenoxy) is 2. The summed E-state index contributed by atoms with van der Waals surface area (Å²) < 4.78 is 37.2. The van der Waals surface area contributed by atoms with Crippen LogP contribution in [0.1, 0.15) is 0 Å². The minimum atomic E-state index is -0.762. The van der Waals surface area contributed by atoms with E-state index in [1.54, 1.807) is 29.2 Å². The second-order valence-electron chi connectivity index (χ2n) is 6.20. The highest BCUT2D eigenvalue weighted by molar-refractivity contribution is 5.81. The summed E-state index contributed by atoms with van der Waals surface area (Å²) in [5, 5.41) is 0. The van der Waals surface area contributed by atoms with Crippen molar-refractivity contribution in [2.75, 3.05) is 44.3 Å². The molecule has 0 atom stereocenters. The van der Waals surface area contributed by atoms with Gasteiger partial charge in [-0.2, -0.15) is 0 Å². The van der Waals surface area contributed by atoms with E-state index in [1.807, 2.05) is 4.90 Å². The summed E-state index contributed by atoms with van der Waals surface area (Å²) in [7, 11) is 0. The van der Waals surface area contributed by atoms with Gasteiger partial charge >= 0.3 is 5.97 Å². The van der Waals surface area contributed by atoms with Crippen molar-refractivity contribution >= 4 is 17.6 Å². The van der Waals surface area contributed by atoms with Crippen LogP contribution in [0, 0.1) is 11.6 Å². The van der Waals surface area contributed by atoms with E-state index in [4.69, 9.17) is 9.47 Å². The first-order valence-electron chi connectivity index (χ1n) is 8.85. The highest BCUT2D eigenvalue weighted by Crippen LogP contribution is 2.20. The number of carbonyl (C=O) groups is 2. The molecule has 2 aromatic rings. The van der Waals surface area contributed by atoms with Crippen LogP contribution in [0.3, 0.4) is 0 Å². The molecule has 1 amide bonds. The maximum atomic E-state index is 13.8. The fraction of sp³-hybridized carbons (Fsp3) is 0.300. The summed E-state index contributed by atoms with van der Waals surface area (Å²) in [6.45, 7) is 0.857. The Bertz CT molecular complexity index is 838. The maximum absolute atomic E-state index is 13.8. The molecule has 148 valence electrons. The lowest BCUT2D eigenvalue weighted by Crippen LogP contribution is -2.50. The molecule has 2 aromatic carbocycles. The van der Waals surface area contributed by atoms with Crippen LogP contribution in [-0.2, 0) is 14.3 Å². The number of halogens is 2. The lowest BCUT2D eigenvalue weighted by atomic mass is 10.2. The van der Waals surface area contributed by atoms with Crippen molar-refractivity contribution in [3.63, 3.8) is 0 Å². The zero-order chi connectivity index (χ0) is 19.9. The van der Waals surface area contributed by atoms with Gasteiger partial charge in [-0.3, -0.25) is 4.79 Å². The molecule has 0 spiro atoms. The Balaban J connectivity index is 1.40. The Kier molecular flexibility index (Phi) is 6.41. The maximum Gasteiger partial charge on any atom is 0.344 e. The van der Waals surface area contributed by atoms with E-state index in [2.05, 4.69) is 0 Å². The highest BCUT2D eigenvalue weighted by Gasteiger charge is 2.23. The topological polar surface area (TPSA) is 59.1 Å². The Labute approximate surface area is 161 Å². The molecule has 1 heterocycles. The third-order valence-corrected chi connectivity index (χ3v) is 4.36. The van der Waals surface area contributed by atoms with E-state index in [0.717, 1.165) is 0 Å². The summed E-state index contributed by atoms with van der Waals surface area (Å²) >= 11 is 0. The number of hydrogen-bond acceptors (Lipinski definition) is 5. The van der Waals surface area contributed by atoms with Crippen LogP contribution >= 0.6 is 0 Å².